The van der Waals surface area contributed by atoms with Crippen molar-refractivity contribution in [3.63, 3.8) is 0 Å². The zero-order valence-electron chi connectivity index (χ0n) is 16.0. The molecular weight excluding hydrogens is 369 g/mol. The normalized spacial score (nSPS) is 14.7. The molecule has 2 aromatic heterocycles. The van der Waals surface area contributed by atoms with Gasteiger partial charge in [-0.1, -0.05) is 6.07 Å². The summed E-state index contributed by atoms with van der Waals surface area (Å²) in [4.78, 5) is 17.5. The van der Waals surface area contributed by atoms with Crippen LogP contribution in [0.15, 0.2) is 48.8 Å². The minimum atomic E-state index is -0.252. The molecule has 0 spiro atoms. The molecule has 0 atom stereocenters. The maximum atomic E-state index is 13.4. The molecule has 1 aliphatic heterocycles. The Morgan fingerprint density at radius 2 is 2.00 bits per heavy atom. The number of nitrogens with one attached hydrogen (secondary N) is 2. The number of aromatic nitrogens is 3. The summed E-state index contributed by atoms with van der Waals surface area (Å²) in [6.07, 6.45) is 4.19. The Morgan fingerprint density at radius 3 is 2.86 bits per heavy atom. The first-order valence-corrected chi connectivity index (χ1v) is 9.90. The van der Waals surface area contributed by atoms with Crippen LogP contribution < -0.4 is 5.32 Å². The van der Waals surface area contributed by atoms with Crippen molar-refractivity contribution in [2.75, 3.05) is 26.2 Å². The van der Waals surface area contributed by atoms with E-state index in [2.05, 4.69) is 21.5 Å². The Hall–Kier alpha value is -3.19. The number of fused-ring (bicyclic) bond motifs is 2. The maximum absolute atomic E-state index is 13.4. The zero-order chi connectivity index (χ0) is 19.8. The second-order valence-corrected chi connectivity index (χ2v) is 7.41. The van der Waals surface area contributed by atoms with Crippen LogP contribution in [0.3, 0.4) is 0 Å². The lowest BCUT2D eigenvalue weighted by Crippen LogP contribution is -2.46. The van der Waals surface area contributed by atoms with Gasteiger partial charge >= 0.3 is 0 Å². The number of benzene rings is 2. The fourth-order valence-corrected chi connectivity index (χ4v) is 4.04. The molecule has 0 aliphatic carbocycles. The van der Waals surface area contributed by atoms with Gasteiger partial charge in [0.05, 0.1) is 18.3 Å². The van der Waals surface area contributed by atoms with Crippen molar-refractivity contribution in [3.05, 3.63) is 54.6 Å². The molecule has 1 amide bonds. The molecule has 2 aromatic carbocycles. The van der Waals surface area contributed by atoms with Gasteiger partial charge in [-0.15, -0.1) is 0 Å². The predicted molar refractivity (Wildman–Crippen MR) is 111 cm³/mol. The van der Waals surface area contributed by atoms with Gasteiger partial charge in [0.15, 0.2) is 0 Å². The minimum absolute atomic E-state index is 0.179. The highest BCUT2D eigenvalue weighted by Gasteiger charge is 2.16. The highest BCUT2D eigenvalue weighted by atomic mass is 19.1. The molecule has 29 heavy (non-hydrogen) atoms. The number of halogens is 1. The quantitative estimate of drug-likeness (QED) is 0.562. The molecule has 5 rings (SSSR count). The monoisotopic (exact) mass is 391 g/mol. The SMILES string of the molecule is O=C(CCn1ncc2cc(-c3c[nH]c4cc(F)ccc34)ccc21)N1CCNCC1. The van der Waals surface area contributed by atoms with Crippen LogP contribution in [0, 0.1) is 5.82 Å². The first-order chi connectivity index (χ1) is 14.2. The minimum Gasteiger partial charge on any atom is -0.360 e. The van der Waals surface area contributed by atoms with Crippen LogP contribution in [-0.2, 0) is 11.3 Å². The molecule has 4 aromatic rings. The smallest absolute Gasteiger partial charge is 0.224 e. The molecule has 7 heteroatoms. The number of hydrogen-bond acceptors (Lipinski definition) is 3. The van der Waals surface area contributed by atoms with Crippen LogP contribution in [0.5, 0.6) is 0 Å². The third kappa shape index (κ3) is 3.38. The highest BCUT2D eigenvalue weighted by molar-refractivity contribution is 5.97. The van der Waals surface area contributed by atoms with Crippen molar-refractivity contribution >= 4 is 27.7 Å². The van der Waals surface area contributed by atoms with E-state index >= 15 is 0 Å². The lowest BCUT2D eigenvalue weighted by atomic mass is 10.0. The van der Waals surface area contributed by atoms with Crippen molar-refractivity contribution in [1.82, 2.24) is 25.0 Å². The molecule has 148 valence electrons. The number of carbonyl (C=O) groups excluding carboxylic acids is 1. The molecule has 1 fully saturated rings. The molecular formula is C22H22FN5O. The number of piperazine rings is 1. The third-order valence-electron chi connectivity index (χ3n) is 5.60. The van der Waals surface area contributed by atoms with Crippen molar-refractivity contribution in [2.45, 2.75) is 13.0 Å². The number of nitrogens with zero attached hydrogens (tertiary/aromatic N) is 3. The van der Waals surface area contributed by atoms with Crippen LogP contribution in [0.2, 0.25) is 0 Å². The van der Waals surface area contributed by atoms with E-state index in [4.69, 9.17) is 0 Å². The second kappa shape index (κ2) is 7.33. The molecule has 6 nitrogen and oxygen atoms in total. The molecule has 2 N–H and O–H groups in total. The van der Waals surface area contributed by atoms with E-state index < -0.39 is 0 Å². The zero-order valence-corrected chi connectivity index (χ0v) is 16.0. The Kier molecular flexibility index (Phi) is 4.52. The molecule has 0 bridgehead atoms. The van der Waals surface area contributed by atoms with E-state index in [1.54, 1.807) is 6.07 Å². The summed E-state index contributed by atoms with van der Waals surface area (Å²) in [5.74, 6) is -0.0733. The molecule has 1 aliphatic rings. The Labute approximate surface area is 167 Å². The lowest BCUT2D eigenvalue weighted by Gasteiger charge is -2.27. The molecule has 0 radical (unpaired) electrons. The Bertz CT molecular complexity index is 1190. The summed E-state index contributed by atoms with van der Waals surface area (Å²) in [6.45, 7) is 3.84. The topological polar surface area (TPSA) is 66.0 Å². The molecule has 0 saturated carbocycles. The van der Waals surface area contributed by atoms with Crippen LogP contribution in [0.1, 0.15) is 6.42 Å². The van der Waals surface area contributed by atoms with Gasteiger partial charge in [-0.25, -0.2) is 4.39 Å². The van der Waals surface area contributed by atoms with E-state index in [0.717, 1.165) is 59.1 Å². The summed E-state index contributed by atoms with van der Waals surface area (Å²) in [7, 11) is 0. The van der Waals surface area contributed by atoms with E-state index in [0.29, 0.717) is 13.0 Å². The van der Waals surface area contributed by atoms with Gasteiger partial charge in [0.1, 0.15) is 5.82 Å². The van der Waals surface area contributed by atoms with Gasteiger partial charge in [-0.2, -0.15) is 5.10 Å². The summed E-state index contributed by atoms with van der Waals surface area (Å²) >= 11 is 0. The number of aryl methyl sites for hydroxylation is 1. The summed E-state index contributed by atoms with van der Waals surface area (Å²) < 4.78 is 15.3. The van der Waals surface area contributed by atoms with Crippen LogP contribution in [0.25, 0.3) is 32.9 Å². The predicted octanol–water partition coefficient (Wildman–Crippen LogP) is 3.15. The van der Waals surface area contributed by atoms with E-state index in [-0.39, 0.29) is 11.7 Å². The van der Waals surface area contributed by atoms with Crippen LogP contribution >= 0.6 is 0 Å². The van der Waals surface area contributed by atoms with E-state index in [9.17, 15) is 9.18 Å². The van der Waals surface area contributed by atoms with Crippen molar-refractivity contribution in [2.24, 2.45) is 0 Å². The standard InChI is InChI=1S/C22H22FN5O/c23-17-2-3-18-19(14-25-20(18)12-17)15-1-4-21-16(11-15)13-26-28(21)8-5-22(29)27-9-6-24-7-10-27/h1-4,11-14,24-25H,5-10H2. The van der Waals surface area contributed by atoms with Gasteiger partial charge in [-0.05, 0) is 35.9 Å². The number of carbonyl (C=O) groups is 1. The average Bonchev–Trinajstić information content (AvgIpc) is 3.35. The number of H-pyrrole nitrogens is 1. The Balaban J connectivity index is 1.37. The average molecular weight is 391 g/mol. The van der Waals surface area contributed by atoms with Gasteiger partial charge in [0, 0.05) is 60.6 Å². The van der Waals surface area contributed by atoms with Gasteiger partial charge < -0.3 is 15.2 Å². The van der Waals surface area contributed by atoms with Gasteiger partial charge in [0.2, 0.25) is 5.91 Å². The fraction of sp³-hybridized carbons (Fsp3) is 0.273. The first kappa shape index (κ1) is 17.9. The third-order valence-corrected chi connectivity index (χ3v) is 5.60. The van der Waals surface area contributed by atoms with E-state index in [1.807, 2.05) is 34.1 Å². The first-order valence-electron chi connectivity index (χ1n) is 9.90. The highest BCUT2D eigenvalue weighted by Crippen LogP contribution is 2.31. The van der Waals surface area contributed by atoms with Crippen LogP contribution in [0.4, 0.5) is 4.39 Å². The second-order valence-electron chi connectivity index (χ2n) is 7.41. The number of amides is 1. The van der Waals surface area contributed by atoms with Gasteiger partial charge in [-0.3, -0.25) is 9.48 Å². The molecule has 0 unspecified atom stereocenters. The summed E-state index contributed by atoms with van der Waals surface area (Å²) in [5, 5.41) is 9.75. The van der Waals surface area contributed by atoms with Crippen molar-refractivity contribution in [3.8, 4) is 11.1 Å². The maximum Gasteiger partial charge on any atom is 0.224 e. The molecule has 3 heterocycles. The lowest BCUT2D eigenvalue weighted by molar-refractivity contribution is -0.132. The van der Waals surface area contributed by atoms with Crippen LogP contribution in [-0.4, -0.2) is 51.8 Å². The van der Waals surface area contributed by atoms with E-state index in [1.165, 1.54) is 12.1 Å². The Morgan fingerprint density at radius 1 is 1.14 bits per heavy atom. The van der Waals surface area contributed by atoms with Crippen molar-refractivity contribution < 1.29 is 9.18 Å². The number of rotatable bonds is 4. The summed E-state index contributed by atoms with van der Waals surface area (Å²) in [5.41, 5.74) is 3.87. The van der Waals surface area contributed by atoms with Crippen molar-refractivity contribution in [1.29, 1.82) is 0 Å². The number of hydrogen-bond donors (Lipinski definition) is 2. The number of aromatic amines is 1. The summed E-state index contributed by atoms with van der Waals surface area (Å²) in [6, 6.07) is 10.9. The fourth-order valence-electron chi connectivity index (χ4n) is 4.04. The van der Waals surface area contributed by atoms with Gasteiger partial charge in [0.25, 0.3) is 0 Å². The largest absolute Gasteiger partial charge is 0.360 e. The molecule has 1 saturated heterocycles.